The number of aryl methyl sites for hydroxylation is 2. The summed E-state index contributed by atoms with van der Waals surface area (Å²) in [5, 5.41) is 3.05. The molecular weight excluding hydrogens is 290 g/mol. The van der Waals surface area contributed by atoms with Crippen LogP contribution in [0.4, 0.5) is 14.6 Å². The second-order valence-electron chi connectivity index (χ2n) is 4.88. The zero-order chi connectivity index (χ0) is 15.4. The smallest absolute Gasteiger partial charge is 0.168 e. The van der Waals surface area contributed by atoms with Crippen LogP contribution in [0.3, 0.4) is 0 Å². The largest absolute Gasteiger partial charge is 0.368 e. The van der Waals surface area contributed by atoms with Gasteiger partial charge in [-0.25, -0.2) is 13.8 Å². The van der Waals surface area contributed by atoms with E-state index in [2.05, 4.69) is 10.3 Å². The van der Waals surface area contributed by atoms with E-state index in [1.165, 1.54) is 17.3 Å². The van der Waals surface area contributed by atoms with E-state index < -0.39 is 11.6 Å². The van der Waals surface area contributed by atoms with Crippen molar-refractivity contribution < 1.29 is 8.78 Å². The molecule has 0 amide bonds. The van der Waals surface area contributed by atoms with Gasteiger partial charge in [-0.3, -0.25) is 0 Å². The molecule has 1 aromatic carbocycles. The van der Waals surface area contributed by atoms with Gasteiger partial charge in [0.2, 0.25) is 0 Å². The zero-order valence-corrected chi connectivity index (χ0v) is 13.2. The van der Waals surface area contributed by atoms with Gasteiger partial charge in [-0.05, 0) is 43.5 Å². The molecule has 2 nitrogen and oxygen atoms in total. The van der Waals surface area contributed by atoms with E-state index in [1.54, 1.807) is 0 Å². The Balaban J connectivity index is 2.28. The van der Waals surface area contributed by atoms with Crippen molar-refractivity contribution in [2.24, 2.45) is 0 Å². The summed E-state index contributed by atoms with van der Waals surface area (Å²) in [7, 11) is 0. The number of rotatable bonds is 5. The molecular formula is C16H18F2N2S. The molecule has 2 rings (SSSR count). The molecule has 21 heavy (non-hydrogen) atoms. The van der Waals surface area contributed by atoms with Gasteiger partial charge in [0.05, 0.1) is 0 Å². The molecule has 0 aliphatic carbocycles. The van der Waals surface area contributed by atoms with Crippen LogP contribution in [0.1, 0.15) is 24.5 Å². The summed E-state index contributed by atoms with van der Waals surface area (Å²) in [5.74, 6) is -1.20. The minimum atomic E-state index is -0.662. The number of aromatic nitrogens is 1. The van der Waals surface area contributed by atoms with E-state index in [4.69, 9.17) is 0 Å². The van der Waals surface area contributed by atoms with Gasteiger partial charge in [-0.1, -0.05) is 24.8 Å². The highest BCUT2D eigenvalue weighted by molar-refractivity contribution is 7.99. The van der Waals surface area contributed by atoms with Crippen molar-refractivity contribution in [2.75, 3.05) is 11.9 Å². The van der Waals surface area contributed by atoms with Crippen LogP contribution in [-0.4, -0.2) is 11.5 Å². The average molecular weight is 308 g/mol. The molecule has 1 aromatic heterocycles. The summed E-state index contributed by atoms with van der Waals surface area (Å²) in [6, 6.07) is 6.75. The molecule has 0 spiro atoms. The van der Waals surface area contributed by atoms with Crippen LogP contribution in [0.5, 0.6) is 0 Å². The summed E-state index contributed by atoms with van der Waals surface area (Å²) >= 11 is 1.20. The van der Waals surface area contributed by atoms with Gasteiger partial charge in [-0.2, -0.15) is 0 Å². The molecule has 5 heteroatoms. The summed E-state index contributed by atoms with van der Waals surface area (Å²) < 4.78 is 27.5. The minimum Gasteiger partial charge on any atom is -0.368 e. The molecule has 1 N–H and O–H groups in total. The van der Waals surface area contributed by atoms with Crippen LogP contribution in [-0.2, 0) is 0 Å². The first-order valence-electron chi connectivity index (χ1n) is 6.86. The van der Waals surface area contributed by atoms with Crippen LogP contribution in [0.25, 0.3) is 0 Å². The predicted molar refractivity (Wildman–Crippen MR) is 83.0 cm³/mol. The number of nitrogens with zero attached hydrogens (tertiary/aromatic N) is 1. The highest BCUT2D eigenvalue weighted by atomic mass is 32.2. The van der Waals surface area contributed by atoms with Crippen LogP contribution >= 0.6 is 11.8 Å². The molecule has 0 saturated carbocycles. The maximum Gasteiger partial charge on any atom is 0.168 e. The van der Waals surface area contributed by atoms with Crippen molar-refractivity contribution in [2.45, 2.75) is 37.1 Å². The lowest BCUT2D eigenvalue weighted by molar-refractivity contribution is 0.551. The topological polar surface area (TPSA) is 24.9 Å². The van der Waals surface area contributed by atoms with Gasteiger partial charge in [0, 0.05) is 17.5 Å². The molecule has 0 fully saturated rings. The van der Waals surface area contributed by atoms with Crippen LogP contribution < -0.4 is 5.32 Å². The minimum absolute atomic E-state index is 0.101. The Morgan fingerprint density at radius 1 is 1.10 bits per heavy atom. The highest BCUT2D eigenvalue weighted by Crippen LogP contribution is 2.31. The standard InChI is InChI=1S/C16H18F2N2S/c1-4-7-19-15-13(17)9-14(18)16(20-15)21-12-6-5-10(2)11(3)8-12/h5-6,8-9H,4,7H2,1-3H3,(H,19,20). The van der Waals surface area contributed by atoms with E-state index in [1.807, 2.05) is 39.0 Å². The lowest BCUT2D eigenvalue weighted by atomic mass is 10.1. The van der Waals surface area contributed by atoms with E-state index in [0.717, 1.165) is 22.9 Å². The van der Waals surface area contributed by atoms with Crippen LogP contribution in [0.2, 0.25) is 0 Å². The SMILES string of the molecule is CCCNc1nc(Sc2ccc(C)c(C)c2)c(F)cc1F. The first-order chi connectivity index (χ1) is 10.0. The van der Waals surface area contributed by atoms with Crippen LogP contribution in [0.15, 0.2) is 34.2 Å². The second-order valence-corrected chi connectivity index (χ2v) is 5.94. The summed E-state index contributed by atoms with van der Waals surface area (Å²) in [6.07, 6.45) is 0.845. The lowest BCUT2D eigenvalue weighted by Gasteiger charge is -2.09. The highest BCUT2D eigenvalue weighted by Gasteiger charge is 2.13. The Morgan fingerprint density at radius 2 is 1.86 bits per heavy atom. The maximum absolute atomic E-state index is 13.9. The van der Waals surface area contributed by atoms with Gasteiger partial charge in [0.25, 0.3) is 0 Å². The number of nitrogens with one attached hydrogen (secondary N) is 1. The Hall–Kier alpha value is -1.62. The van der Waals surface area contributed by atoms with E-state index in [-0.39, 0.29) is 10.8 Å². The summed E-state index contributed by atoms with van der Waals surface area (Å²) in [6.45, 7) is 6.60. The lowest BCUT2D eigenvalue weighted by Crippen LogP contribution is -2.06. The van der Waals surface area contributed by atoms with Gasteiger partial charge < -0.3 is 5.32 Å². The number of hydrogen-bond donors (Lipinski definition) is 1. The van der Waals surface area contributed by atoms with E-state index in [9.17, 15) is 8.78 Å². The Bertz CT molecular complexity index is 644. The summed E-state index contributed by atoms with van der Waals surface area (Å²) in [4.78, 5) is 4.95. The van der Waals surface area contributed by atoms with Crippen molar-refractivity contribution in [1.82, 2.24) is 4.98 Å². The third kappa shape index (κ3) is 3.94. The molecule has 0 aliphatic rings. The first kappa shape index (κ1) is 15.8. The van der Waals surface area contributed by atoms with Crippen molar-refractivity contribution in [3.8, 4) is 0 Å². The monoisotopic (exact) mass is 308 g/mol. The normalized spacial score (nSPS) is 10.7. The Labute approximate surface area is 128 Å². The van der Waals surface area contributed by atoms with Gasteiger partial charge in [0.15, 0.2) is 17.5 Å². The van der Waals surface area contributed by atoms with Crippen molar-refractivity contribution >= 4 is 17.6 Å². The Morgan fingerprint density at radius 3 is 2.52 bits per heavy atom. The van der Waals surface area contributed by atoms with Gasteiger partial charge in [0.1, 0.15) is 5.03 Å². The molecule has 1 heterocycles. The molecule has 0 radical (unpaired) electrons. The number of halogens is 2. The molecule has 0 atom stereocenters. The van der Waals surface area contributed by atoms with E-state index >= 15 is 0 Å². The van der Waals surface area contributed by atoms with Crippen molar-refractivity contribution in [3.63, 3.8) is 0 Å². The van der Waals surface area contributed by atoms with Crippen molar-refractivity contribution in [1.29, 1.82) is 0 Å². The fourth-order valence-electron chi connectivity index (χ4n) is 1.78. The molecule has 0 bridgehead atoms. The Kier molecular flexibility index (Phi) is 5.17. The molecule has 112 valence electrons. The number of hydrogen-bond acceptors (Lipinski definition) is 3. The van der Waals surface area contributed by atoms with E-state index in [0.29, 0.717) is 6.54 Å². The predicted octanol–water partition coefficient (Wildman–Crippen LogP) is 4.95. The fraction of sp³-hybridized carbons (Fsp3) is 0.312. The first-order valence-corrected chi connectivity index (χ1v) is 7.68. The fourth-order valence-corrected chi connectivity index (χ4v) is 2.67. The van der Waals surface area contributed by atoms with Gasteiger partial charge in [-0.15, -0.1) is 0 Å². The molecule has 2 aromatic rings. The third-order valence-corrected chi connectivity index (χ3v) is 4.10. The van der Waals surface area contributed by atoms with Crippen LogP contribution in [0, 0.1) is 25.5 Å². The maximum atomic E-state index is 13.9. The quantitative estimate of drug-likeness (QED) is 0.846. The van der Waals surface area contributed by atoms with Gasteiger partial charge >= 0.3 is 0 Å². The summed E-state index contributed by atoms with van der Waals surface area (Å²) in [5.41, 5.74) is 2.31. The number of benzene rings is 1. The average Bonchev–Trinajstić information content (AvgIpc) is 2.44. The third-order valence-electron chi connectivity index (χ3n) is 3.13. The number of anilines is 1. The van der Waals surface area contributed by atoms with Crippen molar-refractivity contribution in [3.05, 3.63) is 47.0 Å². The zero-order valence-electron chi connectivity index (χ0n) is 12.3. The molecule has 0 aliphatic heterocycles. The molecule has 0 unspecified atom stereocenters. The molecule has 0 saturated heterocycles. The second kappa shape index (κ2) is 6.89. The number of pyridine rings is 1.